The van der Waals surface area contributed by atoms with Crippen molar-refractivity contribution in [1.82, 2.24) is 20.2 Å². The maximum absolute atomic E-state index is 11.8. The number of carbonyl (C=O) groups excluding carboxylic acids is 2. The lowest BCUT2D eigenvalue weighted by Crippen LogP contribution is -2.30. The Morgan fingerprint density at radius 1 is 1.21 bits per heavy atom. The van der Waals surface area contributed by atoms with Crippen LogP contribution in [0.2, 0.25) is 0 Å². The minimum atomic E-state index is -0.274. The summed E-state index contributed by atoms with van der Waals surface area (Å²) in [5.41, 5.74) is 1.16. The zero-order chi connectivity index (χ0) is 17.2. The molecule has 24 heavy (non-hydrogen) atoms. The molecular formula is C17H21N5O2. The summed E-state index contributed by atoms with van der Waals surface area (Å²) in [7, 11) is 0. The molecule has 0 atom stereocenters. The van der Waals surface area contributed by atoms with Crippen LogP contribution in [0.1, 0.15) is 16.8 Å². The Balaban J connectivity index is 1.71. The van der Waals surface area contributed by atoms with Crippen molar-refractivity contribution in [3.05, 3.63) is 61.2 Å². The summed E-state index contributed by atoms with van der Waals surface area (Å²) in [4.78, 5) is 27.5. The molecule has 2 aromatic rings. The van der Waals surface area contributed by atoms with Gasteiger partial charge in [0, 0.05) is 43.3 Å². The van der Waals surface area contributed by atoms with Gasteiger partial charge in [0.25, 0.3) is 5.91 Å². The number of urea groups is 1. The van der Waals surface area contributed by atoms with Crippen molar-refractivity contribution in [3.63, 3.8) is 0 Å². The van der Waals surface area contributed by atoms with E-state index in [-0.39, 0.29) is 11.9 Å². The van der Waals surface area contributed by atoms with Crippen LogP contribution in [-0.4, -0.2) is 34.6 Å². The van der Waals surface area contributed by atoms with E-state index >= 15 is 0 Å². The molecule has 2 rings (SSSR count). The van der Waals surface area contributed by atoms with E-state index in [1.807, 2.05) is 10.8 Å². The van der Waals surface area contributed by atoms with Gasteiger partial charge in [0.05, 0.1) is 6.33 Å². The molecule has 1 aromatic carbocycles. The van der Waals surface area contributed by atoms with E-state index < -0.39 is 0 Å². The summed E-state index contributed by atoms with van der Waals surface area (Å²) in [6.07, 6.45) is 7.78. The van der Waals surface area contributed by atoms with Gasteiger partial charge in [0.1, 0.15) is 0 Å². The number of rotatable bonds is 8. The third kappa shape index (κ3) is 5.60. The van der Waals surface area contributed by atoms with Crippen molar-refractivity contribution in [1.29, 1.82) is 0 Å². The van der Waals surface area contributed by atoms with Gasteiger partial charge in [-0.2, -0.15) is 0 Å². The molecule has 1 aromatic heterocycles. The van der Waals surface area contributed by atoms with Crippen molar-refractivity contribution in [3.8, 4) is 0 Å². The second-order valence-electron chi connectivity index (χ2n) is 5.11. The van der Waals surface area contributed by atoms with Gasteiger partial charge >= 0.3 is 6.03 Å². The number of hydrogen-bond acceptors (Lipinski definition) is 3. The highest BCUT2D eigenvalue weighted by atomic mass is 16.2. The monoisotopic (exact) mass is 327 g/mol. The van der Waals surface area contributed by atoms with Crippen LogP contribution in [0.5, 0.6) is 0 Å². The molecule has 0 spiro atoms. The Kier molecular flexibility index (Phi) is 6.58. The van der Waals surface area contributed by atoms with Gasteiger partial charge in [-0.25, -0.2) is 9.78 Å². The second kappa shape index (κ2) is 9.14. The number of hydrogen-bond donors (Lipinski definition) is 3. The average Bonchev–Trinajstić information content (AvgIpc) is 3.10. The van der Waals surface area contributed by atoms with Crippen molar-refractivity contribution < 1.29 is 9.59 Å². The number of nitrogens with one attached hydrogen (secondary N) is 3. The zero-order valence-corrected chi connectivity index (χ0v) is 13.4. The summed E-state index contributed by atoms with van der Waals surface area (Å²) < 4.78 is 1.95. The standard InChI is InChI=1S/C17H21N5O2/c1-2-8-19-16(23)14-4-6-15(7-5-14)21-17(24)20-9-3-11-22-12-10-18-13-22/h2,4-7,10,12-13H,1,3,8-9,11H2,(H,19,23)(H2,20,21,24). The molecule has 0 aliphatic rings. The molecule has 0 radical (unpaired) electrons. The number of anilines is 1. The Labute approximate surface area is 140 Å². The fraction of sp³-hybridized carbons (Fsp3) is 0.235. The van der Waals surface area contributed by atoms with E-state index in [1.54, 1.807) is 42.9 Å². The van der Waals surface area contributed by atoms with Crippen molar-refractivity contribution >= 4 is 17.6 Å². The smallest absolute Gasteiger partial charge is 0.319 e. The Morgan fingerprint density at radius 2 is 2.00 bits per heavy atom. The predicted molar refractivity (Wildman–Crippen MR) is 92.8 cm³/mol. The highest BCUT2D eigenvalue weighted by Crippen LogP contribution is 2.09. The molecule has 1 heterocycles. The Bertz CT molecular complexity index is 665. The van der Waals surface area contributed by atoms with E-state index in [2.05, 4.69) is 27.5 Å². The van der Waals surface area contributed by atoms with Crippen LogP contribution in [0.15, 0.2) is 55.6 Å². The summed E-state index contributed by atoms with van der Waals surface area (Å²) >= 11 is 0. The molecule has 3 N–H and O–H groups in total. The van der Waals surface area contributed by atoms with E-state index in [4.69, 9.17) is 0 Å². The molecule has 3 amide bonds. The average molecular weight is 327 g/mol. The summed E-state index contributed by atoms with van der Waals surface area (Å²) in [5, 5.41) is 8.20. The molecule has 0 bridgehead atoms. The Hall–Kier alpha value is -3.09. The van der Waals surface area contributed by atoms with E-state index in [0.29, 0.717) is 24.3 Å². The summed E-state index contributed by atoms with van der Waals surface area (Å²) in [6.45, 7) is 5.32. The van der Waals surface area contributed by atoms with Crippen molar-refractivity contribution in [2.45, 2.75) is 13.0 Å². The highest BCUT2D eigenvalue weighted by molar-refractivity contribution is 5.95. The first kappa shape index (κ1) is 17.3. The maximum Gasteiger partial charge on any atom is 0.319 e. The number of imidazole rings is 1. The van der Waals surface area contributed by atoms with Gasteiger partial charge in [-0.15, -0.1) is 6.58 Å². The van der Waals surface area contributed by atoms with E-state index in [1.165, 1.54) is 0 Å². The normalized spacial score (nSPS) is 10.0. The lowest BCUT2D eigenvalue weighted by atomic mass is 10.2. The molecule has 0 aliphatic carbocycles. The summed E-state index contributed by atoms with van der Waals surface area (Å²) in [6, 6.07) is 6.42. The first-order valence-electron chi connectivity index (χ1n) is 7.69. The molecule has 7 nitrogen and oxygen atoms in total. The van der Waals surface area contributed by atoms with Gasteiger partial charge < -0.3 is 20.5 Å². The number of aromatic nitrogens is 2. The maximum atomic E-state index is 11.8. The first-order valence-corrected chi connectivity index (χ1v) is 7.69. The van der Waals surface area contributed by atoms with Gasteiger partial charge in [-0.05, 0) is 30.7 Å². The lowest BCUT2D eigenvalue weighted by molar-refractivity contribution is 0.0958. The first-order chi connectivity index (χ1) is 11.7. The predicted octanol–water partition coefficient (Wildman–Crippen LogP) is 2.01. The van der Waals surface area contributed by atoms with Crippen molar-refractivity contribution in [2.75, 3.05) is 18.4 Å². The Morgan fingerprint density at radius 3 is 2.67 bits per heavy atom. The minimum absolute atomic E-state index is 0.176. The van der Waals surface area contributed by atoms with Crippen LogP contribution in [0.4, 0.5) is 10.5 Å². The number of nitrogens with zero attached hydrogens (tertiary/aromatic N) is 2. The molecule has 0 unspecified atom stereocenters. The highest BCUT2D eigenvalue weighted by Gasteiger charge is 2.05. The quantitative estimate of drug-likeness (QED) is 0.512. The molecule has 0 saturated carbocycles. The van der Waals surface area contributed by atoms with Gasteiger partial charge in [0.2, 0.25) is 0 Å². The lowest BCUT2D eigenvalue weighted by Gasteiger charge is -2.09. The topological polar surface area (TPSA) is 88.0 Å². The molecule has 0 aliphatic heterocycles. The van der Waals surface area contributed by atoms with Gasteiger partial charge in [0.15, 0.2) is 0 Å². The van der Waals surface area contributed by atoms with Crippen LogP contribution < -0.4 is 16.0 Å². The van der Waals surface area contributed by atoms with Crippen LogP contribution in [-0.2, 0) is 6.54 Å². The van der Waals surface area contributed by atoms with Crippen LogP contribution in [0.25, 0.3) is 0 Å². The third-order valence-corrected chi connectivity index (χ3v) is 3.25. The number of aryl methyl sites for hydroxylation is 1. The largest absolute Gasteiger partial charge is 0.349 e. The van der Waals surface area contributed by atoms with E-state index in [0.717, 1.165) is 13.0 Å². The van der Waals surface area contributed by atoms with Crippen LogP contribution in [0.3, 0.4) is 0 Å². The van der Waals surface area contributed by atoms with Crippen molar-refractivity contribution in [2.24, 2.45) is 0 Å². The number of amides is 3. The van der Waals surface area contributed by atoms with Crippen LogP contribution >= 0.6 is 0 Å². The molecule has 0 saturated heterocycles. The SMILES string of the molecule is C=CCNC(=O)c1ccc(NC(=O)NCCCn2ccnc2)cc1. The molecule has 7 heteroatoms. The molecule has 0 fully saturated rings. The zero-order valence-electron chi connectivity index (χ0n) is 13.4. The van der Waals surface area contributed by atoms with E-state index in [9.17, 15) is 9.59 Å². The molecule has 126 valence electrons. The van der Waals surface area contributed by atoms with Gasteiger partial charge in [-0.3, -0.25) is 4.79 Å². The molecular weight excluding hydrogens is 306 g/mol. The number of benzene rings is 1. The second-order valence-corrected chi connectivity index (χ2v) is 5.11. The minimum Gasteiger partial charge on any atom is -0.349 e. The van der Waals surface area contributed by atoms with Gasteiger partial charge in [-0.1, -0.05) is 6.08 Å². The summed E-state index contributed by atoms with van der Waals surface area (Å²) in [5.74, 6) is -0.176. The third-order valence-electron chi connectivity index (χ3n) is 3.25. The fourth-order valence-corrected chi connectivity index (χ4v) is 2.03. The fourth-order valence-electron chi connectivity index (χ4n) is 2.03. The number of carbonyl (C=O) groups is 2. The van der Waals surface area contributed by atoms with Crippen LogP contribution in [0, 0.1) is 0 Å².